The van der Waals surface area contributed by atoms with Crippen LogP contribution in [0.3, 0.4) is 0 Å². The summed E-state index contributed by atoms with van der Waals surface area (Å²) in [4.78, 5) is 0. The van der Waals surface area contributed by atoms with Gasteiger partial charge in [0.25, 0.3) is 0 Å². The molecule has 2 heterocycles. The number of nitrogens with one attached hydrogen (secondary N) is 1. The molecule has 1 aliphatic heterocycles. The van der Waals surface area contributed by atoms with Gasteiger partial charge in [0.1, 0.15) is 0 Å². The molecule has 1 atom stereocenters. The van der Waals surface area contributed by atoms with Crippen LogP contribution in [0.25, 0.3) is 10.1 Å². The van der Waals surface area contributed by atoms with Crippen LogP contribution in [0.4, 0.5) is 0 Å². The van der Waals surface area contributed by atoms with Crippen molar-refractivity contribution >= 4 is 21.6 Å². The molecule has 0 spiro atoms. The fourth-order valence-electron chi connectivity index (χ4n) is 2.46. The van der Waals surface area contributed by atoms with Crippen LogP contribution in [0.5, 0.6) is 0 Å². The van der Waals surface area contributed by atoms with Crippen molar-refractivity contribution in [2.45, 2.75) is 19.8 Å². The normalized spacial score (nSPS) is 20.7. The molecular formula is C13H16N2S. The van der Waals surface area contributed by atoms with E-state index in [9.17, 15) is 0 Å². The number of fused-ring (bicyclic) bond motifs is 1. The molecule has 1 fully saturated rings. The lowest BCUT2D eigenvalue weighted by Gasteiger charge is -2.08. The number of hydrogen-bond donors (Lipinski definition) is 1. The lowest BCUT2D eigenvalue weighted by Crippen LogP contribution is -2.10. The summed E-state index contributed by atoms with van der Waals surface area (Å²) in [5.41, 5.74) is 2.64. The van der Waals surface area contributed by atoms with E-state index in [4.69, 9.17) is 0 Å². The van der Waals surface area contributed by atoms with E-state index in [1.165, 1.54) is 47.3 Å². The molecule has 2 nitrogen and oxygen atoms in total. The second-order valence-corrected chi connectivity index (χ2v) is 5.47. The lowest BCUT2D eigenvalue weighted by atomic mass is 9.98. The molecule has 1 saturated heterocycles. The topological polar surface area (TPSA) is 24.9 Å². The molecule has 16 heavy (non-hydrogen) atoms. The molecule has 3 rings (SSSR count). The maximum atomic E-state index is 4.40. The maximum absolute atomic E-state index is 4.40. The number of benzene rings is 1. The standard InChI is InChI=1S/C13H16N2S/c1-9-12-7-10(2-3-13(12)16-15-9)6-11-4-5-14-8-11/h2-3,7,11,14H,4-6,8H2,1H3. The fraction of sp³-hybridized carbons (Fsp3) is 0.462. The molecular weight excluding hydrogens is 216 g/mol. The first-order valence-electron chi connectivity index (χ1n) is 5.88. The van der Waals surface area contributed by atoms with Crippen LogP contribution in [0, 0.1) is 12.8 Å². The smallest absolute Gasteiger partial charge is 0.0589 e. The van der Waals surface area contributed by atoms with Gasteiger partial charge in [0.15, 0.2) is 0 Å². The number of rotatable bonds is 2. The van der Waals surface area contributed by atoms with Gasteiger partial charge in [0.2, 0.25) is 0 Å². The third-order valence-corrected chi connectivity index (χ3v) is 4.32. The highest BCUT2D eigenvalue weighted by Gasteiger charge is 2.15. The first-order chi connectivity index (χ1) is 7.83. The molecule has 1 N–H and O–H groups in total. The van der Waals surface area contributed by atoms with Gasteiger partial charge in [0, 0.05) is 5.39 Å². The van der Waals surface area contributed by atoms with Gasteiger partial charge in [-0.1, -0.05) is 6.07 Å². The molecule has 2 aromatic rings. The predicted octanol–water partition coefficient (Wildman–Crippen LogP) is 2.76. The van der Waals surface area contributed by atoms with Crippen LogP contribution < -0.4 is 5.32 Å². The predicted molar refractivity (Wildman–Crippen MR) is 69.0 cm³/mol. The van der Waals surface area contributed by atoms with Crippen LogP contribution in [-0.2, 0) is 6.42 Å². The minimum absolute atomic E-state index is 0.823. The van der Waals surface area contributed by atoms with Crippen molar-refractivity contribution in [2.24, 2.45) is 5.92 Å². The molecule has 1 unspecified atom stereocenters. The van der Waals surface area contributed by atoms with Crippen LogP contribution in [-0.4, -0.2) is 17.5 Å². The Morgan fingerprint density at radius 2 is 2.44 bits per heavy atom. The van der Waals surface area contributed by atoms with Gasteiger partial charge in [-0.3, -0.25) is 0 Å². The summed E-state index contributed by atoms with van der Waals surface area (Å²) in [5, 5.41) is 4.77. The maximum Gasteiger partial charge on any atom is 0.0589 e. The van der Waals surface area contributed by atoms with E-state index in [0.717, 1.165) is 5.92 Å². The SMILES string of the molecule is Cc1nsc2ccc(CC3CCNC3)cc12. The van der Waals surface area contributed by atoms with Gasteiger partial charge in [-0.15, -0.1) is 0 Å². The highest BCUT2D eigenvalue weighted by atomic mass is 32.1. The molecule has 0 saturated carbocycles. The summed E-state index contributed by atoms with van der Waals surface area (Å²) >= 11 is 1.60. The van der Waals surface area contributed by atoms with E-state index >= 15 is 0 Å². The van der Waals surface area contributed by atoms with E-state index in [1.54, 1.807) is 11.5 Å². The van der Waals surface area contributed by atoms with Gasteiger partial charge >= 0.3 is 0 Å². The number of aromatic nitrogens is 1. The van der Waals surface area contributed by atoms with Gasteiger partial charge in [-0.25, -0.2) is 0 Å². The third-order valence-electron chi connectivity index (χ3n) is 3.40. The second kappa shape index (κ2) is 4.15. The summed E-state index contributed by atoms with van der Waals surface area (Å²) in [6.45, 7) is 4.46. The van der Waals surface area contributed by atoms with Gasteiger partial charge in [-0.05, 0) is 68.0 Å². The Hall–Kier alpha value is -0.930. The summed E-state index contributed by atoms with van der Waals surface area (Å²) in [6, 6.07) is 6.81. The largest absolute Gasteiger partial charge is 0.316 e. The van der Waals surface area contributed by atoms with E-state index in [1.807, 2.05) is 0 Å². The first-order valence-corrected chi connectivity index (χ1v) is 6.66. The Balaban J connectivity index is 1.88. The van der Waals surface area contributed by atoms with Gasteiger partial charge < -0.3 is 5.32 Å². The molecule has 0 bridgehead atoms. The second-order valence-electron chi connectivity index (χ2n) is 4.66. The third kappa shape index (κ3) is 1.85. The summed E-state index contributed by atoms with van der Waals surface area (Å²) in [6.07, 6.45) is 2.52. The molecule has 0 aliphatic carbocycles. The number of nitrogens with zero attached hydrogens (tertiary/aromatic N) is 1. The molecule has 1 aromatic carbocycles. The van der Waals surface area contributed by atoms with E-state index in [0.29, 0.717) is 0 Å². The van der Waals surface area contributed by atoms with Crippen molar-refractivity contribution in [1.29, 1.82) is 0 Å². The zero-order chi connectivity index (χ0) is 11.0. The average molecular weight is 232 g/mol. The Bertz CT molecular complexity index is 498. The van der Waals surface area contributed by atoms with Crippen LogP contribution >= 0.6 is 11.5 Å². The lowest BCUT2D eigenvalue weighted by molar-refractivity contribution is 0.580. The van der Waals surface area contributed by atoms with Gasteiger partial charge in [-0.2, -0.15) is 4.37 Å². The van der Waals surface area contributed by atoms with Crippen LogP contribution in [0.1, 0.15) is 17.7 Å². The molecule has 1 aliphatic rings. The Labute approximate surface area is 99.8 Å². The summed E-state index contributed by atoms with van der Waals surface area (Å²) in [5.74, 6) is 0.823. The minimum atomic E-state index is 0.823. The van der Waals surface area contributed by atoms with Crippen molar-refractivity contribution in [2.75, 3.05) is 13.1 Å². The highest BCUT2D eigenvalue weighted by Crippen LogP contribution is 2.25. The Morgan fingerprint density at radius 3 is 3.25 bits per heavy atom. The van der Waals surface area contributed by atoms with E-state index in [2.05, 4.69) is 34.8 Å². The summed E-state index contributed by atoms with van der Waals surface area (Å²) in [7, 11) is 0. The van der Waals surface area contributed by atoms with Gasteiger partial charge in [0.05, 0.1) is 10.4 Å². The molecule has 3 heteroatoms. The zero-order valence-electron chi connectivity index (χ0n) is 9.49. The van der Waals surface area contributed by atoms with E-state index < -0.39 is 0 Å². The Kier molecular flexibility index (Phi) is 2.65. The summed E-state index contributed by atoms with van der Waals surface area (Å²) < 4.78 is 5.71. The van der Waals surface area contributed by atoms with Crippen molar-refractivity contribution < 1.29 is 0 Å². The molecule has 84 valence electrons. The number of aryl methyl sites for hydroxylation is 1. The van der Waals surface area contributed by atoms with E-state index in [-0.39, 0.29) is 0 Å². The minimum Gasteiger partial charge on any atom is -0.316 e. The van der Waals surface area contributed by atoms with Crippen LogP contribution in [0.2, 0.25) is 0 Å². The van der Waals surface area contributed by atoms with Crippen molar-refractivity contribution in [1.82, 2.24) is 9.69 Å². The molecule has 0 radical (unpaired) electrons. The van der Waals surface area contributed by atoms with Crippen LogP contribution in [0.15, 0.2) is 18.2 Å². The zero-order valence-corrected chi connectivity index (χ0v) is 10.3. The number of hydrogen-bond acceptors (Lipinski definition) is 3. The molecule has 0 amide bonds. The van der Waals surface area contributed by atoms with Crippen molar-refractivity contribution in [3.8, 4) is 0 Å². The first kappa shape index (κ1) is 10.2. The average Bonchev–Trinajstić information content (AvgIpc) is 2.90. The van der Waals surface area contributed by atoms with Crippen molar-refractivity contribution in [3.63, 3.8) is 0 Å². The van der Waals surface area contributed by atoms with Crippen molar-refractivity contribution in [3.05, 3.63) is 29.5 Å². The monoisotopic (exact) mass is 232 g/mol. The fourth-order valence-corrected chi connectivity index (χ4v) is 3.22. The highest BCUT2D eigenvalue weighted by molar-refractivity contribution is 7.13. The molecule has 1 aromatic heterocycles. The quantitative estimate of drug-likeness (QED) is 0.861. The Morgan fingerprint density at radius 1 is 1.50 bits per heavy atom.